The fraction of sp³-hybridized carbons (Fsp3) is 0.423. The Hall–Kier alpha value is -2.52. The van der Waals surface area contributed by atoms with Crippen LogP contribution in [0.3, 0.4) is 0 Å². The maximum absolute atomic E-state index is 13.9. The Labute approximate surface area is 236 Å². The molecule has 0 spiro atoms. The molecule has 2 saturated heterocycles. The number of benzene rings is 1. The number of ether oxygens (including phenoxy) is 3. The first kappa shape index (κ1) is 27.6. The number of methoxy groups -OCH3 is 1. The van der Waals surface area contributed by atoms with Crippen LogP contribution in [0.1, 0.15) is 25.1 Å². The monoisotopic (exact) mass is 595 g/mol. The smallest absolute Gasteiger partial charge is 0.194 e. The van der Waals surface area contributed by atoms with Gasteiger partial charge in [0.25, 0.3) is 0 Å². The molecule has 40 heavy (non-hydrogen) atoms. The van der Waals surface area contributed by atoms with E-state index in [2.05, 4.69) is 26.7 Å². The molecule has 3 aliphatic rings. The first-order valence-corrected chi connectivity index (χ1v) is 13.8. The van der Waals surface area contributed by atoms with E-state index in [4.69, 9.17) is 25.8 Å². The second-order valence-corrected chi connectivity index (χ2v) is 11.5. The van der Waals surface area contributed by atoms with E-state index < -0.39 is 53.0 Å². The normalized spacial score (nSPS) is 30.0. The molecule has 6 rings (SSSR count). The average Bonchev–Trinajstić information content (AvgIpc) is 3.42. The van der Waals surface area contributed by atoms with E-state index in [-0.39, 0.29) is 11.3 Å². The Kier molecular flexibility index (Phi) is 7.40. The van der Waals surface area contributed by atoms with Crippen LogP contribution in [0.2, 0.25) is 5.02 Å². The Morgan fingerprint density at radius 1 is 1.25 bits per heavy atom. The summed E-state index contributed by atoms with van der Waals surface area (Å²) in [5.41, 5.74) is 1.33. The minimum absolute atomic E-state index is 0.0116. The number of pyridine rings is 1. The summed E-state index contributed by atoms with van der Waals surface area (Å²) < 4.78 is 60.7. The van der Waals surface area contributed by atoms with Gasteiger partial charge in [-0.15, -0.1) is 5.10 Å². The van der Waals surface area contributed by atoms with E-state index in [1.54, 1.807) is 6.20 Å². The minimum atomic E-state index is -1.57. The second kappa shape index (κ2) is 10.7. The molecule has 212 valence electrons. The molecule has 0 saturated carbocycles. The van der Waals surface area contributed by atoms with E-state index in [1.807, 2.05) is 6.07 Å². The lowest BCUT2D eigenvalue weighted by Crippen LogP contribution is -2.72. The molecule has 6 atom stereocenters. The van der Waals surface area contributed by atoms with Crippen molar-refractivity contribution in [2.75, 3.05) is 20.2 Å². The number of thioether (sulfide) groups is 1. The maximum atomic E-state index is 13.9. The fourth-order valence-electron chi connectivity index (χ4n) is 5.28. The van der Waals surface area contributed by atoms with Crippen LogP contribution in [-0.4, -0.2) is 74.8 Å². The van der Waals surface area contributed by atoms with E-state index in [1.165, 1.54) is 36.7 Å². The Morgan fingerprint density at radius 3 is 2.70 bits per heavy atom. The van der Waals surface area contributed by atoms with Crippen molar-refractivity contribution in [2.45, 2.75) is 53.8 Å². The highest BCUT2D eigenvalue weighted by atomic mass is 35.5. The van der Waals surface area contributed by atoms with Crippen LogP contribution >= 0.6 is 23.4 Å². The number of nitrogens with zero attached hydrogens (tertiary/aromatic N) is 4. The molecule has 3 aromatic rings. The lowest BCUT2D eigenvalue weighted by Gasteiger charge is -2.57. The van der Waals surface area contributed by atoms with Crippen LogP contribution in [0.4, 0.5) is 13.2 Å². The quantitative estimate of drug-likeness (QED) is 0.410. The van der Waals surface area contributed by atoms with Gasteiger partial charge in [0.05, 0.1) is 16.9 Å². The number of nitrogens with one attached hydrogen (secondary N) is 1. The predicted molar refractivity (Wildman–Crippen MR) is 140 cm³/mol. The number of aliphatic hydroxyl groups is 1. The Bertz CT molecular complexity index is 1450. The zero-order chi connectivity index (χ0) is 28.2. The Balaban J connectivity index is 1.35. The van der Waals surface area contributed by atoms with Crippen molar-refractivity contribution in [3.8, 4) is 11.3 Å². The van der Waals surface area contributed by atoms with Gasteiger partial charge in [-0.2, -0.15) is 0 Å². The van der Waals surface area contributed by atoms with E-state index in [0.717, 1.165) is 47.8 Å². The summed E-state index contributed by atoms with van der Waals surface area (Å²) >= 11 is 7.69. The summed E-state index contributed by atoms with van der Waals surface area (Å²) in [7, 11) is 1.51. The number of aromatic nitrogens is 4. The zero-order valence-electron chi connectivity index (χ0n) is 21.4. The zero-order valence-corrected chi connectivity index (χ0v) is 22.9. The average molecular weight is 596 g/mol. The molecule has 0 amide bonds. The fourth-order valence-corrected chi connectivity index (χ4v) is 6.82. The van der Waals surface area contributed by atoms with Crippen LogP contribution in [0.25, 0.3) is 16.8 Å². The number of halogens is 4. The number of hydrogen-bond acceptors (Lipinski definition) is 9. The molecule has 3 aliphatic heterocycles. The van der Waals surface area contributed by atoms with Gasteiger partial charge in [-0.3, -0.25) is 4.98 Å². The van der Waals surface area contributed by atoms with Crippen molar-refractivity contribution in [3.63, 3.8) is 0 Å². The third-order valence-corrected chi connectivity index (χ3v) is 8.60. The molecule has 14 heteroatoms. The van der Waals surface area contributed by atoms with E-state index in [9.17, 15) is 18.3 Å². The van der Waals surface area contributed by atoms with Gasteiger partial charge in [-0.1, -0.05) is 34.7 Å². The predicted octanol–water partition coefficient (Wildman–Crippen LogP) is 3.97. The van der Waals surface area contributed by atoms with Crippen LogP contribution in [0, 0.1) is 17.5 Å². The van der Waals surface area contributed by atoms with Gasteiger partial charge in [0, 0.05) is 30.3 Å². The molecule has 1 aromatic carbocycles. The van der Waals surface area contributed by atoms with Gasteiger partial charge in [0.2, 0.25) is 0 Å². The van der Waals surface area contributed by atoms with Crippen molar-refractivity contribution in [1.29, 1.82) is 0 Å². The summed E-state index contributed by atoms with van der Waals surface area (Å²) in [6, 6.07) is 2.86. The van der Waals surface area contributed by atoms with E-state index in [0.29, 0.717) is 5.02 Å². The highest BCUT2D eigenvalue weighted by Gasteiger charge is 2.63. The molecule has 0 aliphatic carbocycles. The first-order chi connectivity index (χ1) is 19.2. The molecule has 2 N–H and O–H groups in total. The van der Waals surface area contributed by atoms with E-state index >= 15 is 0 Å². The molecule has 5 heterocycles. The lowest BCUT2D eigenvalue weighted by atomic mass is 9.87. The topological polar surface area (TPSA) is 104 Å². The molecule has 9 nitrogen and oxygen atoms in total. The molecular weight excluding hydrogens is 571 g/mol. The molecule has 0 radical (unpaired) electrons. The van der Waals surface area contributed by atoms with Gasteiger partial charge < -0.3 is 24.6 Å². The van der Waals surface area contributed by atoms with Gasteiger partial charge in [-0.25, -0.2) is 17.9 Å². The summed E-state index contributed by atoms with van der Waals surface area (Å²) in [6.07, 6.45) is 3.86. The van der Waals surface area contributed by atoms with Gasteiger partial charge >= 0.3 is 0 Å². The minimum Gasteiger partial charge on any atom is -0.375 e. The number of hydrogen-bond donors (Lipinski definition) is 2. The van der Waals surface area contributed by atoms with Gasteiger partial charge in [0.1, 0.15) is 35.5 Å². The summed E-state index contributed by atoms with van der Waals surface area (Å²) in [5, 5.41) is 22.8. The SMILES string of the molecule is COC1C(n2cc(-c3cc(F)c(F)c(F)c3)nn2)[C@H]2OC(C)(O)C2O[C@@H]1Sc1cc(Cl)cnc1C1=CCNCC1. The largest absolute Gasteiger partial charge is 0.375 e. The van der Waals surface area contributed by atoms with Crippen molar-refractivity contribution < 1.29 is 32.5 Å². The van der Waals surface area contributed by atoms with Gasteiger partial charge in [-0.05, 0) is 43.7 Å². The summed E-state index contributed by atoms with van der Waals surface area (Å²) in [5.74, 6) is -5.81. The summed E-state index contributed by atoms with van der Waals surface area (Å²) in [6.45, 7) is 3.05. The maximum Gasteiger partial charge on any atom is 0.194 e. The second-order valence-electron chi connectivity index (χ2n) is 9.89. The van der Waals surface area contributed by atoms with Gasteiger partial charge in [0.15, 0.2) is 23.2 Å². The highest BCUT2D eigenvalue weighted by Crippen LogP contribution is 2.50. The standard InChI is InChI=1S/C26H25ClF3N5O4S/c1-26(36)24-22(39-26)21(35-11-17(33-34-35)13-7-15(28)19(30)16(29)8-13)23(37-2)25(38-24)40-18-9-14(27)10-32-20(18)12-3-5-31-6-4-12/h3,7-11,21-25,31,36H,4-6H2,1-2H3/t21?,22-,23?,24?,25-,26?/m1/s1. The lowest BCUT2D eigenvalue weighted by molar-refractivity contribution is -0.417. The molecule has 0 bridgehead atoms. The van der Waals surface area contributed by atoms with Crippen molar-refractivity contribution in [2.24, 2.45) is 0 Å². The first-order valence-electron chi connectivity index (χ1n) is 12.5. The molecule has 2 fully saturated rings. The van der Waals surface area contributed by atoms with Crippen molar-refractivity contribution >= 4 is 28.9 Å². The number of fused-ring (bicyclic) bond motifs is 1. The van der Waals surface area contributed by atoms with Crippen molar-refractivity contribution in [3.05, 3.63) is 64.8 Å². The number of rotatable bonds is 6. The molecule has 4 unspecified atom stereocenters. The van der Waals surface area contributed by atoms with Crippen LogP contribution in [0.5, 0.6) is 0 Å². The molecular formula is C26H25ClF3N5O4S. The van der Waals surface area contributed by atoms with Crippen molar-refractivity contribution in [1.82, 2.24) is 25.3 Å². The highest BCUT2D eigenvalue weighted by molar-refractivity contribution is 7.99. The van der Waals surface area contributed by atoms with Crippen LogP contribution in [0.15, 0.2) is 41.6 Å². The van der Waals surface area contributed by atoms with Crippen LogP contribution in [-0.2, 0) is 14.2 Å². The third kappa shape index (κ3) is 4.93. The summed E-state index contributed by atoms with van der Waals surface area (Å²) in [4.78, 5) is 5.37. The molecule has 2 aromatic heterocycles. The van der Waals surface area contributed by atoms with Crippen LogP contribution < -0.4 is 5.32 Å². The Morgan fingerprint density at radius 2 is 2.02 bits per heavy atom. The third-order valence-electron chi connectivity index (χ3n) is 7.22.